The van der Waals surface area contributed by atoms with E-state index in [1.807, 2.05) is 0 Å². The van der Waals surface area contributed by atoms with Gasteiger partial charge < -0.3 is 11.1 Å². The number of carbonyl (C=O) groups excluding carboxylic acids is 1. The zero-order valence-electron chi connectivity index (χ0n) is 10.6. The average Bonchev–Trinajstić information content (AvgIpc) is 2.42. The largest absolute Gasteiger partial charge is 0.380 e. The van der Waals surface area contributed by atoms with Crippen LogP contribution in [0.4, 0.5) is 18.9 Å². The van der Waals surface area contributed by atoms with E-state index in [-0.39, 0.29) is 22.7 Å². The van der Waals surface area contributed by atoms with E-state index < -0.39 is 23.4 Å². The topological polar surface area (TPSA) is 55.1 Å². The van der Waals surface area contributed by atoms with E-state index >= 15 is 0 Å². The van der Waals surface area contributed by atoms with Gasteiger partial charge in [-0.2, -0.15) is 0 Å². The van der Waals surface area contributed by atoms with Gasteiger partial charge in [-0.3, -0.25) is 4.79 Å². The maximum absolute atomic E-state index is 13.5. The van der Waals surface area contributed by atoms with Crippen molar-refractivity contribution in [2.45, 2.75) is 6.54 Å². The van der Waals surface area contributed by atoms with Crippen LogP contribution in [-0.4, -0.2) is 5.91 Å². The third-order valence-electron chi connectivity index (χ3n) is 2.81. The molecule has 0 unspecified atom stereocenters. The number of benzene rings is 2. The van der Waals surface area contributed by atoms with Crippen LogP contribution in [0, 0.1) is 17.5 Å². The van der Waals surface area contributed by atoms with E-state index in [0.717, 1.165) is 6.07 Å². The van der Waals surface area contributed by atoms with Gasteiger partial charge in [0.05, 0.1) is 10.7 Å². The molecule has 3 nitrogen and oxygen atoms in total. The Labute approximate surface area is 123 Å². The van der Waals surface area contributed by atoms with Crippen molar-refractivity contribution >= 4 is 23.2 Å². The van der Waals surface area contributed by atoms with Crippen molar-refractivity contribution in [2.24, 2.45) is 5.73 Å². The molecule has 0 heterocycles. The molecule has 3 N–H and O–H groups in total. The fraction of sp³-hybridized carbons (Fsp3) is 0.0714. The Balaban J connectivity index is 2.22. The van der Waals surface area contributed by atoms with Gasteiger partial charge in [-0.25, -0.2) is 13.2 Å². The van der Waals surface area contributed by atoms with Gasteiger partial charge in [0, 0.05) is 23.7 Å². The molecule has 1 amide bonds. The normalized spacial score (nSPS) is 10.5. The molecule has 2 aromatic carbocycles. The first-order chi connectivity index (χ1) is 9.88. The molecule has 2 rings (SSSR count). The Morgan fingerprint density at radius 2 is 1.76 bits per heavy atom. The van der Waals surface area contributed by atoms with Crippen molar-refractivity contribution in [1.29, 1.82) is 0 Å². The van der Waals surface area contributed by atoms with Gasteiger partial charge in [0.15, 0.2) is 11.6 Å². The van der Waals surface area contributed by atoms with Gasteiger partial charge in [-0.1, -0.05) is 11.6 Å². The van der Waals surface area contributed by atoms with E-state index in [2.05, 4.69) is 5.32 Å². The van der Waals surface area contributed by atoms with Gasteiger partial charge in [0.1, 0.15) is 5.82 Å². The summed E-state index contributed by atoms with van der Waals surface area (Å²) < 4.78 is 39.4. The molecular weight excluding hydrogens is 305 g/mol. The molecule has 0 aromatic heterocycles. The monoisotopic (exact) mass is 314 g/mol. The van der Waals surface area contributed by atoms with Gasteiger partial charge in [-0.05, 0) is 24.3 Å². The molecule has 0 aliphatic rings. The van der Waals surface area contributed by atoms with Crippen molar-refractivity contribution in [1.82, 2.24) is 0 Å². The van der Waals surface area contributed by atoms with Crippen LogP contribution in [0.25, 0.3) is 0 Å². The van der Waals surface area contributed by atoms with Crippen molar-refractivity contribution in [2.75, 3.05) is 5.32 Å². The fourth-order valence-electron chi connectivity index (χ4n) is 1.70. The molecular formula is C14H10ClF3N2O. The summed E-state index contributed by atoms with van der Waals surface area (Å²) in [6.45, 7) is -0.134. The quantitative estimate of drug-likeness (QED) is 0.849. The molecule has 0 fully saturated rings. The molecule has 0 atom stereocenters. The lowest BCUT2D eigenvalue weighted by Gasteiger charge is -2.10. The van der Waals surface area contributed by atoms with Crippen molar-refractivity contribution < 1.29 is 18.0 Å². The highest BCUT2D eigenvalue weighted by Crippen LogP contribution is 2.24. The number of nitrogens with two attached hydrogens (primary N) is 1. The fourth-order valence-corrected chi connectivity index (χ4v) is 1.89. The zero-order valence-corrected chi connectivity index (χ0v) is 11.3. The SMILES string of the molecule is NC(=O)c1ccc(Cl)c(NCc2cc(F)c(F)cc2F)c1. The minimum Gasteiger partial charge on any atom is -0.380 e. The highest BCUT2D eigenvalue weighted by Gasteiger charge is 2.11. The third kappa shape index (κ3) is 3.46. The number of primary amides is 1. The molecule has 0 saturated heterocycles. The summed E-state index contributed by atoms with van der Waals surface area (Å²) in [4.78, 5) is 11.1. The first kappa shape index (κ1) is 15.2. The van der Waals surface area contributed by atoms with Crippen LogP contribution in [-0.2, 0) is 6.54 Å². The number of hydrogen-bond acceptors (Lipinski definition) is 2. The summed E-state index contributed by atoms with van der Waals surface area (Å²) in [6, 6.07) is 5.50. The molecule has 0 spiro atoms. The number of nitrogens with one attached hydrogen (secondary N) is 1. The molecule has 0 aliphatic heterocycles. The zero-order chi connectivity index (χ0) is 15.6. The first-order valence-electron chi connectivity index (χ1n) is 5.85. The highest BCUT2D eigenvalue weighted by atomic mass is 35.5. The minimum absolute atomic E-state index is 0.0746. The molecule has 110 valence electrons. The lowest BCUT2D eigenvalue weighted by atomic mass is 10.1. The summed E-state index contributed by atoms with van der Waals surface area (Å²) in [7, 11) is 0. The average molecular weight is 315 g/mol. The van der Waals surface area contributed by atoms with E-state index in [1.54, 1.807) is 0 Å². The van der Waals surface area contributed by atoms with Crippen LogP contribution >= 0.6 is 11.6 Å². The summed E-state index contributed by atoms with van der Waals surface area (Å²) in [5.41, 5.74) is 5.61. The second kappa shape index (κ2) is 6.05. The standard InChI is InChI=1S/C14H10ClF3N2O/c15-9-2-1-7(14(19)21)4-13(9)20-6-8-3-11(17)12(18)5-10(8)16/h1-5,20H,6H2,(H2,19,21). The van der Waals surface area contributed by atoms with Crippen LogP contribution in [0.15, 0.2) is 30.3 Å². The number of halogens is 4. The minimum atomic E-state index is -1.26. The second-order valence-corrected chi connectivity index (χ2v) is 4.68. The smallest absolute Gasteiger partial charge is 0.248 e. The van der Waals surface area contributed by atoms with Crippen molar-refractivity contribution in [3.63, 3.8) is 0 Å². The van der Waals surface area contributed by atoms with E-state index in [1.165, 1.54) is 18.2 Å². The number of amides is 1. The van der Waals surface area contributed by atoms with Crippen LogP contribution in [0.1, 0.15) is 15.9 Å². The lowest BCUT2D eigenvalue weighted by Crippen LogP contribution is -2.11. The maximum atomic E-state index is 13.5. The van der Waals surface area contributed by atoms with E-state index in [4.69, 9.17) is 17.3 Å². The van der Waals surface area contributed by atoms with Gasteiger partial charge in [0.2, 0.25) is 5.91 Å². The Hall–Kier alpha value is -2.21. The second-order valence-electron chi connectivity index (χ2n) is 4.27. The molecule has 0 aliphatic carbocycles. The highest BCUT2D eigenvalue weighted by molar-refractivity contribution is 6.33. The summed E-state index contributed by atoms with van der Waals surface area (Å²) in [5.74, 6) is -3.94. The molecule has 0 bridgehead atoms. The van der Waals surface area contributed by atoms with Crippen molar-refractivity contribution in [3.05, 3.63) is 63.9 Å². The molecule has 2 aromatic rings. The third-order valence-corrected chi connectivity index (χ3v) is 3.14. The Morgan fingerprint density at radius 1 is 1.10 bits per heavy atom. The number of rotatable bonds is 4. The van der Waals surface area contributed by atoms with Crippen LogP contribution in [0.3, 0.4) is 0 Å². The summed E-state index contributed by atoms with van der Waals surface area (Å²) >= 11 is 5.92. The molecule has 7 heteroatoms. The Kier molecular flexibility index (Phi) is 4.37. The molecule has 21 heavy (non-hydrogen) atoms. The molecule has 0 radical (unpaired) electrons. The predicted octanol–water partition coefficient (Wildman–Crippen LogP) is 3.47. The van der Waals surface area contributed by atoms with Crippen LogP contribution < -0.4 is 11.1 Å². The number of hydrogen-bond donors (Lipinski definition) is 2. The number of anilines is 1. The summed E-state index contributed by atoms with van der Waals surface area (Å²) in [6.07, 6.45) is 0. The van der Waals surface area contributed by atoms with E-state index in [0.29, 0.717) is 11.8 Å². The lowest BCUT2D eigenvalue weighted by molar-refractivity contribution is 0.100. The maximum Gasteiger partial charge on any atom is 0.248 e. The Morgan fingerprint density at radius 3 is 2.43 bits per heavy atom. The van der Waals surface area contributed by atoms with Gasteiger partial charge >= 0.3 is 0 Å². The number of carbonyl (C=O) groups is 1. The predicted molar refractivity (Wildman–Crippen MR) is 73.6 cm³/mol. The van der Waals surface area contributed by atoms with Crippen LogP contribution in [0.5, 0.6) is 0 Å². The van der Waals surface area contributed by atoms with Crippen molar-refractivity contribution in [3.8, 4) is 0 Å². The van der Waals surface area contributed by atoms with E-state index in [9.17, 15) is 18.0 Å². The van der Waals surface area contributed by atoms with Gasteiger partial charge in [-0.15, -0.1) is 0 Å². The summed E-state index contributed by atoms with van der Waals surface area (Å²) in [5, 5.41) is 3.02. The van der Waals surface area contributed by atoms with Crippen LogP contribution in [0.2, 0.25) is 5.02 Å². The molecule has 0 saturated carbocycles. The van der Waals surface area contributed by atoms with Gasteiger partial charge in [0.25, 0.3) is 0 Å². The first-order valence-corrected chi connectivity index (χ1v) is 6.23. The Bertz CT molecular complexity index is 707.